The van der Waals surface area contributed by atoms with Gasteiger partial charge in [0.15, 0.2) is 6.10 Å². The van der Waals surface area contributed by atoms with Crippen molar-refractivity contribution in [3.63, 3.8) is 0 Å². The zero-order valence-corrected chi connectivity index (χ0v) is 15.0. The molecule has 2 aliphatic heterocycles. The number of benzene rings is 2. The van der Waals surface area contributed by atoms with E-state index < -0.39 is 6.10 Å². The van der Waals surface area contributed by atoms with Crippen molar-refractivity contribution in [3.05, 3.63) is 59.7 Å². The van der Waals surface area contributed by atoms with Gasteiger partial charge in [-0.2, -0.15) is 0 Å². The van der Waals surface area contributed by atoms with Gasteiger partial charge in [0, 0.05) is 18.7 Å². The molecule has 26 heavy (non-hydrogen) atoms. The molecule has 0 aliphatic carbocycles. The zero-order chi connectivity index (χ0) is 18.3. The third-order valence-corrected chi connectivity index (χ3v) is 5.13. The Morgan fingerprint density at radius 1 is 1.12 bits per heavy atom. The number of carbonyl (C=O) groups excluding carboxylic acids is 2. The molecule has 5 heteroatoms. The molecule has 4 rings (SSSR count). The summed E-state index contributed by atoms with van der Waals surface area (Å²) in [5.41, 5.74) is 3.02. The lowest BCUT2D eigenvalue weighted by Crippen LogP contribution is -2.59. The quantitative estimate of drug-likeness (QED) is 0.836. The van der Waals surface area contributed by atoms with Crippen LogP contribution < -0.4 is 9.64 Å². The van der Waals surface area contributed by atoms with Gasteiger partial charge in [-0.3, -0.25) is 9.59 Å². The normalized spacial score (nSPS) is 22.2. The molecule has 0 radical (unpaired) electrons. The average molecular weight is 350 g/mol. The topological polar surface area (TPSA) is 49.9 Å². The van der Waals surface area contributed by atoms with Crippen molar-refractivity contribution in [1.82, 2.24) is 4.90 Å². The second-order valence-corrected chi connectivity index (χ2v) is 7.04. The van der Waals surface area contributed by atoms with Crippen LogP contribution in [-0.2, 0) is 16.0 Å². The number of aryl methyl sites for hydroxylation is 1. The highest BCUT2D eigenvalue weighted by Crippen LogP contribution is 2.30. The van der Waals surface area contributed by atoms with Crippen LogP contribution in [0.4, 0.5) is 5.69 Å². The smallest absolute Gasteiger partial charge is 0.264 e. The maximum atomic E-state index is 12.9. The van der Waals surface area contributed by atoms with Gasteiger partial charge < -0.3 is 14.5 Å². The van der Waals surface area contributed by atoms with Gasteiger partial charge >= 0.3 is 0 Å². The van der Waals surface area contributed by atoms with E-state index in [1.54, 1.807) is 4.90 Å². The van der Waals surface area contributed by atoms with Crippen molar-refractivity contribution in [1.29, 1.82) is 0 Å². The molecule has 0 spiro atoms. The molecule has 1 saturated heterocycles. The fraction of sp³-hybridized carbons (Fsp3) is 0.333. The number of nitrogens with zero attached hydrogens (tertiary/aromatic N) is 2. The largest absolute Gasteiger partial charge is 0.480 e. The molecule has 2 aliphatic rings. The lowest BCUT2D eigenvalue weighted by molar-refractivity contribution is -0.143. The standard InChI is InChI=1S/C21H22N2O3/c1-14-7-3-5-9-17(14)23-15(2)12-22(13-20(23)24)21(25)19-11-16-8-4-6-10-18(16)26-19/h3-10,15,19H,11-13H2,1-2H3. The number of rotatable bonds is 2. The van der Waals surface area contributed by atoms with Crippen LogP contribution in [0.3, 0.4) is 0 Å². The summed E-state index contributed by atoms with van der Waals surface area (Å²) in [5.74, 6) is 0.608. The number of carbonyl (C=O) groups is 2. The summed E-state index contributed by atoms with van der Waals surface area (Å²) in [6.07, 6.45) is 0.0349. The van der Waals surface area contributed by atoms with Crippen LogP contribution >= 0.6 is 0 Å². The number of anilines is 1. The van der Waals surface area contributed by atoms with Gasteiger partial charge in [-0.15, -0.1) is 0 Å². The number of ether oxygens (including phenoxy) is 1. The molecule has 2 aromatic rings. The molecule has 0 saturated carbocycles. The van der Waals surface area contributed by atoms with Crippen molar-refractivity contribution >= 4 is 17.5 Å². The monoisotopic (exact) mass is 350 g/mol. The summed E-state index contributed by atoms with van der Waals surface area (Å²) in [7, 11) is 0. The first-order valence-corrected chi connectivity index (χ1v) is 8.95. The summed E-state index contributed by atoms with van der Waals surface area (Å²) in [4.78, 5) is 29.1. The minimum absolute atomic E-state index is 0.0538. The number of amides is 2. The predicted octanol–water partition coefficient (Wildman–Crippen LogP) is 2.56. The third-order valence-electron chi connectivity index (χ3n) is 5.13. The SMILES string of the molecule is Cc1ccccc1N1C(=O)CN(C(=O)C2Cc3ccccc3O2)CC1C. The first-order valence-electron chi connectivity index (χ1n) is 8.95. The molecule has 0 aromatic heterocycles. The highest BCUT2D eigenvalue weighted by Gasteiger charge is 2.38. The first kappa shape index (κ1) is 16.6. The molecule has 134 valence electrons. The fourth-order valence-electron chi connectivity index (χ4n) is 3.85. The summed E-state index contributed by atoms with van der Waals surface area (Å²) < 4.78 is 5.81. The molecule has 5 nitrogen and oxygen atoms in total. The Kier molecular flexibility index (Phi) is 4.15. The number of para-hydroxylation sites is 2. The molecule has 2 aromatic carbocycles. The van der Waals surface area contributed by atoms with Gasteiger partial charge in [-0.1, -0.05) is 36.4 Å². The lowest BCUT2D eigenvalue weighted by atomic mass is 10.1. The number of piperazine rings is 1. The zero-order valence-electron chi connectivity index (χ0n) is 15.0. The van der Waals surface area contributed by atoms with Crippen LogP contribution in [-0.4, -0.2) is 41.9 Å². The van der Waals surface area contributed by atoms with E-state index in [1.165, 1.54) is 0 Å². The molecular weight excluding hydrogens is 328 g/mol. The predicted molar refractivity (Wildman–Crippen MR) is 99.3 cm³/mol. The van der Waals surface area contributed by atoms with Crippen LogP contribution in [0.5, 0.6) is 5.75 Å². The Hall–Kier alpha value is -2.82. The van der Waals surface area contributed by atoms with Crippen LogP contribution in [0.15, 0.2) is 48.5 Å². The number of hydrogen-bond donors (Lipinski definition) is 0. The Morgan fingerprint density at radius 3 is 2.58 bits per heavy atom. The van der Waals surface area contributed by atoms with E-state index in [-0.39, 0.29) is 24.4 Å². The minimum Gasteiger partial charge on any atom is -0.480 e. The van der Waals surface area contributed by atoms with Gasteiger partial charge in [-0.05, 0) is 37.1 Å². The van der Waals surface area contributed by atoms with Crippen molar-refractivity contribution in [2.24, 2.45) is 0 Å². The molecule has 1 fully saturated rings. The lowest BCUT2D eigenvalue weighted by Gasteiger charge is -2.40. The maximum absolute atomic E-state index is 12.9. The Labute approximate surface area is 153 Å². The van der Waals surface area contributed by atoms with E-state index in [9.17, 15) is 9.59 Å². The second kappa shape index (κ2) is 6.48. The average Bonchev–Trinajstić information content (AvgIpc) is 3.06. The van der Waals surface area contributed by atoms with Crippen LogP contribution in [0.1, 0.15) is 18.1 Å². The molecule has 0 bridgehead atoms. The molecule has 0 N–H and O–H groups in total. The van der Waals surface area contributed by atoms with Gasteiger partial charge in [-0.25, -0.2) is 0 Å². The van der Waals surface area contributed by atoms with E-state index in [1.807, 2.05) is 67.3 Å². The molecule has 2 unspecified atom stereocenters. The van der Waals surface area contributed by atoms with Crippen molar-refractivity contribution in [3.8, 4) is 5.75 Å². The van der Waals surface area contributed by atoms with Crippen molar-refractivity contribution in [2.45, 2.75) is 32.4 Å². The van der Waals surface area contributed by atoms with Gasteiger partial charge in [0.05, 0.1) is 6.04 Å². The van der Waals surface area contributed by atoms with Crippen LogP contribution in [0.25, 0.3) is 0 Å². The van der Waals surface area contributed by atoms with Crippen molar-refractivity contribution < 1.29 is 14.3 Å². The summed E-state index contributed by atoms with van der Waals surface area (Å²) in [6.45, 7) is 4.58. The van der Waals surface area contributed by atoms with Crippen LogP contribution in [0.2, 0.25) is 0 Å². The molecule has 2 heterocycles. The third kappa shape index (κ3) is 2.83. The van der Waals surface area contributed by atoms with Crippen molar-refractivity contribution in [2.75, 3.05) is 18.0 Å². The van der Waals surface area contributed by atoms with E-state index in [2.05, 4.69) is 0 Å². The summed E-state index contributed by atoms with van der Waals surface area (Å²) in [6, 6.07) is 15.5. The Balaban J connectivity index is 1.49. The summed E-state index contributed by atoms with van der Waals surface area (Å²) in [5, 5.41) is 0. The Bertz CT molecular complexity index is 839. The van der Waals surface area contributed by atoms with E-state index in [0.29, 0.717) is 13.0 Å². The minimum atomic E-state index is -0.530. The van der Waals surface area contributed by atoms with E-state index >= 15 is 0 Å². The highest BCUT2D eigenvalue weighted by molar-refractivity contribution is 5.99. The Morgan fingerprint density at radius 2 is 1.85 bits per heavy atom. The van der Waals surface area contributed by atoms with Gasteiger partial charge in [0.2, 0.25) is 5.91 Å². The second-order valence-electron chi connectivity index (χ2n) is 7.04. The molecular formula is C21H22N2O3. The highest BCUT2D eigenvalue weighted by atomic mass is 16.5. The molecule has 2 atom stereocenters. The molecule has 2 amide bonds. The van der Waals surface area contributed by atoms with Gasteiger partial charge in [0.1, 0.15) is 12.3 Å². The maximum Gasteiger partial charge on any atom is 0.264 e. The van der Waals surface area contributed by atoms with Crippen LogP contribution in [0, 0.1) is 6.92 Å². The van der Waals surface area contributed by atoms with E-state index in [4.69, 9.17) is 4.74 Å². The number of hydrogen-bond acceptors (Lipinski definition) is 3. The van der Waals surface area contributed by atoms with E-state index in [0.717, 1.165) is 22.6 Å². The first-order chi connectivity index (χ1) is 12.5. The van der Waals surface area contributed by atoms with Gasteiger partial charge in [0.25, 0.3) is 5.91 Å². The fourth-order valence-corrected chi connectivity index (χ4v) is 3.85. The summed E-state index contributed by atoms with van der Waals surface area (Å²) >= 11 is 0. The number of fused-ring (bicyclic) bond motifs is 1.